The number of amides is 1. The maximum absolute atomic E-state index is 12.7. The molecule has 1 amide bonds. The molecular formula is C28H20ClNO3. The van der Waals surface area contributed by atoms with E-state index in [1.54, 1.807) is 24.3 Å². The number of nitrogens with zero attached hydrogens (tertiary/aromatic N) is 1. The second kappa shape index (κ2) is 8.93. The number of Topliss-reactive ketones (excluding diaryl/α,β-unsaturated/α-hetero) is 1. The van der Waals surface area contributed by atoms with Crippen LogP contribution >= 0.6 is 11.6 Å². The molecule has 5 rings (SSSR count). The van der Waals surface area contributed by atoms with Gasteiger partial charge in [-0.2, -0.15) is 0 Å². The van der Waals surface area contributed by atoms with Gasteiger partial charge in [-0.05, 0) is 41.0 Å². The lowest BCUT2D eigenvalue weighted by molar-refractivity contribution is -0.114. The quantitative estimate of drug-likeness (QED) is 0.321. The average Bonchev–Trinajstić information content (AvgIpc) is 3.09. The minimum absolute atomic E-state index is 0.276. The summed E-state index contributed by atoms with van der Waals surface area (Å²) < 4.78 is 5.82. The highest BCUT2D eigenvalue weighted by Gasteiger charge is 2.36. The first-order chi connectivity index (χ1) is 16.1. The molecule has 4 aromatic rings. The first kappa shape index (κ1) is 21.0. The fourth-order valence-corrected chi connectivity index (χ4v) is 4.11. The molecular weight excluding hydrogens is 434 g/mol. The highest BCUT2D eigenvalue weighted by atomic mass is 35.5. The fourth-order valence-electron chi connectivity index (χ4n) is 3.92. The summed E-state index contributed by atoms with van der Waals surface area (Å²) in [6.45, 7) is 0.602. The summed E-state index contributed by atoms with van der Waals surface area (Å²) in [5, 5.41) is 0.620. The minimum atomic E-state index is -0.527. The second-order valence-electron chi connectivity index (χ2n) is 7.84. The molecule has 0 radical (unpaired) electrons. The van der Waals surface area contributed by atoms with Gasteiger partial charge in [-0.1, -0.05) is 84.4 Å². The Morgan fingerprint density at radius 3 is 2.21 bits per heavy atom. The van der Waals surface area contributed by atoms with Crippen LogP contribution in [0.3, 0.4) is 0 Å². The maximum atomic E-state index is 12.7. The zero-order valence-corrected chi connectivity index (χ0v) is 18.5. The Bertz CT molecular complexity index is 1330. The minimum Gasteiger partial charge on any atom is -0.489 e. The molecule has 0 unspecified atom stereocenters. The normalized spacial score (nSPS) is 12.7. The Morgan fingerprint density at radius 2 is 1.45 bits per heavy atom. The van der Waals surface area contributed by atoms with Crippen LogP contribution in [0.1, 0.15) is 21.5 Å². The lowest BCUT2D eigenvalue weighted by Crippen LogP contribution is -2.29. The highest BCUT2D eigenvalue weighted by molar-refractivity contribution is 6.52. The van der Waals surface area contributed by atoms with E-state index in [0.717, 1.165) is 22.3 Å². The molecule has 162 valence electrons. The van der Waals surface area contributed by atoms with Crippen molar-refractivity contribution in [2.75, 3.05) is 4.90 Å². The Morgan fingerprint density at radius 1 is 0.758 bits per heavy atom. The Balaban J connectivity index is 1.33. The predicted molar refractivity (Wildman–Crippen MR) is 130 cm³/mol. The van der Waals surface area contributed by atoms with Crippen LogP contribution in [-0.2, 0) is 17.9 Å². The summed E-state index contributed by atoms with van der Waals surface area (Å²) in [5.74, 6) is -0.529. The van der Waals surface area contributed by atoms with Crippen molar-refractivity contribution in [3.05, 3.63) is 119 Å². The highest BCUT2D eigenvalue weighted by Crippen LogP contribution is 2.34. The lowest BCUT2D eigenvalue weighted by atomic mass is 10.0. The van der Waals surface area contributed by atoms with Gasteiger partial charge in [0, 0.05) is 10.6 Å². The van der Waals surface area contributed by atoms with Gasteiger partial charge in [-0.15, -0.1) is 0 Å². The van der Waals surface area contributed by atoms with E-state index in [1.165, 1.54) is 4.90 Å². The summed E-state index contributed by atoms with van der Waals surface area (Å²) in [7, 11) is 0. The molecule has 1 aliphatic heterocycles. The van der Waals surface area contributed by atoms with E-state index in [0.29, 0.717) is 28.6 Å². The zero-order chi connectivity index (χ0) is 22.8. The number of hydrogen-bond donors (Lipinski definition) is 0. The van der Waals surface area contributed by atoms with Crippen LogP contribution in [0.4, 0.5) is 5.69 Å². The number of carbonyl (C=O) groups is 2. The summed E-state index contributed by atoms with van der Waals surface area (Å²) in [6, 6.07) is 30.7. The third-order valence-corrected chi connectivity index (χ3v) is 6.07. The average molecular weight is 454 g/mol. The lowest BCUT2D eigenvalue weighted by Gasteiger charge is -2.17. The first-order valence-corrected chi connectivity index (χ1v) is 11.0. The number of halogens is 1. The molecule has 0 bridgehead atoms. The third-order valence-electron chi connectivity index (χ3n) is 5.70. The molecule has 4 nitrogen and oxygen atoms in total. The van der Waals surface area contributed by atoms with Gasteiger partial charge in [0.25, 0.3) is 11.7 Å². The number of anilines is 1. The number of fused-ring (bicyclic) bond motifs is 1. The molecule has 4 aromatic carbocycles. The van der Waals surface area contributed by atoms with Crippen LogP contribution in [-0.4, -0.2) is 11.7 Å². The molecule has 0 spiro atoms. The summed E-state index contributed by atoms with van der Waals surface area (Å²) in [5.41, 5.74) is 4.99. The number of benzene rings is 4. The van der Waals surface area contributed by atoms with Gasteiger partial charge in [0.2, 0.25) is 0 Å². The predicted octanol–water partition coefficient (Wildman–Crippen LogP) is 6.32. The number of ether oxygens (including phenoxy) is 1. The molecule has 0 atom stereocenters. The maximum Gasteiger partial charge on any atom is 0.299 e. The van der Waals surface area contributed by atoms with E-state index < -0.39 is 11.7 Å². The van der Waals surface area contributed by atoms with E-state index in [9.17, 15) is 9.59 Å². The Labute approximate surface area is 197 Å². The van der Waals surface area contributed by atoms with Crippen molar-refractivity contribution in [1.29, 1.82) is 0 Å². The Hall–Kier alpha value is -3.89. The van der Waals surface area contributed by atoms with E-state index in [2.05, 4.69) is 12.1 Å². The molecule has 0 aromatic heterocycles. The van der Waals surface area contributed by atoms with Gasteiger partial charge in [0.15, 0.2) is 0 Å². The van der Waals surface area contributed by atoms with Gasteiger partial charge in [-0.3, -0.25) is 9.59 Å². The molecule has 0 N–H and O–H groups in total. The number of hydrogen-bond acceptors (Lipinski definition) is 3. The Kier molecular flexibility index (Phi) is 5.68. The van der Waals surface area contributed by atoms with Crippen LogP contribution in [0.15, 0.2) is 97.1 Å². The standard InChI is InChI=1S/C28H20ClNO3/c29-25-9-5-4-8-22(25)18-33-23-14-15-26-24(16-23)27(31)28(32)30(26)17-19-10-12-21(13-11-19)20-6-2-1-3-7-20/h1-16H,17-18H2. The molecule has 0 aliphatic carbocycles. The molecule has 1 heterocycles. The SMILES string of the molecule is O=C1C(=O)N(Cc2ccc(-c3ccccc3)cc2)c2ccc(OCc3ccccc3Cl)cc21. The van der Waals surface area contributed by atoms with Gasteiger partial charge >= 0.3 is 0 Å². The van der Waals surface area contributed by atoms with Crippen molar-refractivity contribution in [3.8, 4) is 16.9 Å². The van der Waals surface area contributed by atoms with Crippen molar-refractivity contribution in [1.82, 2.24) is 0 Å². The largest absolute Gasteiger partial charge is 0.489 e. The number of ketones is 1. The van der Waals surface area contributed by atoms with Gasteiger partial charge in [0.1, 0.15) is 12.4 Å². The van der Waals surface area contributed by atoms with E-state index >= 15 is 0 Å². The molecule has 1 aliphatic rings. The van der Waals surface area contributed by atoms with Crippen molar-refractivity contribution in [2.45, 2.75) is 13.2 Å². The van der Waals surface area contributed by atoms with Crippen molar-refractivity contribution in [3.63, 3.8) is 0 Å². The summed E-state index contributed by atoms with van der Waals surface area (Å²) in [4.78, 5) is 26.9. The molecule has 5 heteroatoms. The molecule has 33 heavy (non-hydrogen) atoms. The van der Waals surface area contributed by atoms with Crippen molar-refractivity contribution < 1.29 is 14.3 Å². The van der Waals surface area contributed by atoms with Crippen LogP contribution in [0, 0.1) is 0 Å². The van der Waals surface area contributed by atoms with Gasteiger partial charge < -0.3 is 9.64 Å². The molecule has 0 saturated carbocycles. The van der Waals surface area contributed by atoms with E-state index in [-0.39, 0.29) is 6.61 Å². The third kappa shape index (κ3) is 4.26. The van der Waals surface area contributed by atoms with E-state index in [1.807, 2.05) is 60.7 Å². The molecule has 0 saturated heterocycles. The van der Waals surface area contributed by atoms with Crippen LogP contribution in [0.2, 0.25) is 5.02 Å². The number of rotatable bonds is 6. The summed E-state index contributed by atoms with van der Waals surface area (Å²) >= 11 is 6.18. The second-order valence-corrected chi connectivity index (χ2v) is 8.25. The number of carbonyl (C=O) groups excluding carboxylic acids is 2. The van der Waals surface area contributed by atoms with Crippen LogP contribution in [0.5, 0.6) is 5.75 Å². The fraction of sp³-hybridized carbons (Fsp3) is 0.0714. The van der Waals surface area contributed by atoms with Crippen LogP contribution in [0.25, 0.3) is 11.1 Å². The molecule has 0 fully saturated rings. The van der Waals surface area contributed by atoms with Crippen molar-refractivity contribution >= 4 is 29.0 Å². The van der Waals surface area contributed by atoms with E-state index in [4.69, 9.17) is 16.3 Å². The van der Waals surface area contributed by atoms with Gasteiger partial charge in [0.05, 0.1) is 17.8 Å². The topological polar surface area (TPSA) is 46.6 Å². The monoisotopic (exact) mass is 453 g/mol. The van der Waals surface area contributed by atoms with Crippen LogP contribution < -0.4 is 9.64 Å². The van der Waals surface area contributed by atoms with Gasteiger partial charge in [-0.25, -0.2) is 0 Å². The summed E-state index contributed by atoms with van der Waals surface area (Å²) in [6.07, 6.45) is 0. The first-order valence-electron chi connectivity index (χ1n) is 10.6. The smallest absolute Gasteiger partial charge is 0.299 e. The van der Waals surface area contributed by atoms with Crippen molar-refractivity contribution in [2.24, 2.45) is 0 Å². The zero-order valence-electron chi connectivity index (χ0n) is 17.7.